The van der Waals surface area contributed by atoms with Crippen molar-refractivity contribution >= 4 is 11.4 Å². The van der Waals surface area contributed by atoms with Gasteiger partial charge in [-0.15, -0.1) is 0 Å². The third-order valence-electron chi connectivity index (χ3n) is 6.92. The van der Waals surface area contributed by atoms with Crippen molar-refractivity contribution in [2.75, 3.05) is 26.2 Å². The van der Waals surface area contributed by atoms with Crippen LogP contribution in [0.2, 0.25) is 0 Å². The van der Waals surface area contributed by atoms with Crippen LogP contribution < -0.4 is 4.74 Å². The van der Waals surface area contributed by atoms with Crippen molar-refractivity contribution in [1.82, 2.24) is 4.90 Å². The fourth-order valence-electron chi connectivity index (χ4n) is 5.26. The molecule has 0 saturated carbocycles. The highest BCUT2D eigenvalue weighted by molar-refractivity contribution is 6.01. The molecule has 2 atom stereocenters. The molecule has 1 aliphatic heterocycles. The first-order valence-electron chi connectivity index (χ1n) is 12.1. The van der Waals surface area contributed by atoms with Crippen LogP contribution in [-0.4, -0.2) is 36.9 Å². The van der Waals surface area contributed by atoms with Gasteiger partial charge in [0.25, 0.3) is 0 Å². The third-order valence-corrected chi connectivity index (χ3v) is 6.92. The summed E-state index contributed by atoms with van der Waals surface area (Å²) in [7, 11) is 0. The van der Waals surface area contributed by atoms with E-state index < -0.39 is 0 Å². The summed E-state index contributed by atoms with van der Waals surface area (Å²) < 4.78 is 6.01. The van der Waals surface area contributed by atoms with Crippen molar-refractivity contribution < 1.29 is 9.53 Å². The van der Waals surface area contributed by atoms with Crippen molar-refractivity contribution in [1.29, 1.82) is 0 Å². The molecule has 2 unspecified atom stereocenters. The summed E-state index contributed by atoms with van der Waals surface area (Å²) in [5.74, 6) is 1.33. The Balaban J connectivity index is 1.40. The van der Waals surface area contributed by atoms with E-state index in [-0.39, 0.29) is 17.6 Å². The molecule has 5 rings (SSSR count). The summed E-state index contributed by atoms with van der Waals surface area (Å²) in [6.45, 7) is 4.07. The van der Waals surface area contributed by atoms with Gasteiger partial charge in [0.1, 0.15) is 12.4 Å². The number of likely N-dealkylation sites (tertiary alicyclic amines) is 1. The number of nitrogens with zero attached hydrogens (tertiary/aromatic N) is 1. The minimum Gasteiger partial charge on any atom is -0.492 e. The van der Waals surface area contributed by atoms with Crippen LogP contribution in [0.4, 0.5) is 0 Å². The predicted molar refractivity (Wildman–Crippen MR) is 134 cm³/mol. The van der Waals surface area contributed by atoms with Crippen LogP contribution >= 0.6 is 0 Å². The first-order chi connectivity index (χ1) is 16.3. The molecule has 0 spiro atoms. The second-order valence-corrected chi connectivity index (χ2v) is 9.10. The molecular weight excluding hydrogens is 406 g/mol. The Bertz CT molecular complexity index is 1080. The van der Waals surface area contributed by atoms with E-state index in [1.807, 2.05) is 30.3 Å². The molecule has 33 heavy (non-hydrogen) atoms. The van der Waals surface area contributed by atoms with Gasteiger partial charge in [0.2, 0.25) is 0 Å². The summed E-state index contributed by atoms with van der Waals surface area (Å²) in [6, 6.07) is 29.3. The largest absolute Gasteiger partial charge is 0.492 e. The number of ketones is 1. The summed E-state index contributed by atoms with van der Waals surface area (Å²) in [5, 5.41) is 0. The molecular formula is C30H31NO2. The zero-order valence-electron chi connectivity index (χ0n) is 19.0. The molecule has 1 heterocycles. The average molecular weight is 438 g/mol. The molecule has 3 nitrogen and oxygen atoms in total. The molecule has 3 heteroatoms. The van der Waals surface area contributed by atoms with Crippen LogP contribution in [0.25, 0.3) is 5.57 Å². The maximum atomic E-state index is 12.8. The zero-order chi connectivity index (χ0) is 22.5. The molecule has 0 aromatic heterocycles. The molecule has 3 aromatic carbocycles. The van der Waals surface area contributed by atoms with E-state index in [2.05, 4.69) is 65.6 Å². The maximum absolute atomic E-state index is 12.8. The Kier molecular flexibility index (Phi) is 6.68. The number of carbonyl (C=O) groups is 1. The highest BCUT2D eigenvalue weighted by Gasteiger charge is 2.34. The van der Waals surface area contributed by atoms with E-state index in [0.717, 1.165) is 23.4 Å². The number of carbonyl (C=O) groups excluding carboxylic acids is 1. The fraction of sp³-hybridized carbons (Fsp3) is 0.300. The smallest absolute Gasteiger partial charge is 0.156 e. The van der Waals surface area contributed by atoms with E-state index in [1.165, 1.54) is 37.1 Å². The summed E-state index contributed by atoms with van der Waals surface area (Å²) in [4.78, 5) is 15.3. The van der Waals surface area contributed by atoms with Crippen molar-refractivity contribution in [3.8, 4) is 5.75 Å². The van der Waals surface area contributed by atoms with Crippen LogP contribution in [-0.2, 0) is 4.79 Å². The number of hydrogen-bond acceptors (Lipinski definition) is 3. The zero-order valence-corrected chi connectivity index (χ0v) is 19.0. The lowest BCUT2D eigenvalue weighted by Gasteiger charge is -2.33. The van der Waals surface area contributed by atoms with E-state index >= 15 is 0 Å². The molecule has 0 amide bonds. The number of hydrogen-bond donors (Lipinski definition) is 0. The normalized spacial score (nSPS) is 21.1. The van der Waals surface area contributed by atoms with Crippen molar-refractivity contribution in [2.45, 2.75) is 31.1 Å². The maximum Gasteiger partial charge on any atom is 0.156 e. The SMILES string of the molecule is O=C1C=C(c2ccc(OCCN3CCCC3)cc2)C(c2ccccc2)C(c2ccccc2)C1. The molecule has 1 fully saturated rings. The lowest BCUT2D eigenvalue weighted by molar-refractivity contribution is -0.115. The van der Waals surface area contributed by atoms with Crippen LogP contribution in [0.1, 0.15) is 47.8 Å². The Morgan fingerprint density at radius 1 is 0.788 bits per heavy atom. The van der Waals surface area contributed by atoms with Gasteiger partial charge in [-0.25, -0.2) is 0 Å². The highest BCUT2D eigenvalue weighted by atomic mass is 16.5. The molecule has 168 valence electrons. The van der Waals surface area contributed by atoms with Crippen molar-refractivity contribution in [3.63, 3.8) is 0 Å². The van der Waals surface area contributed by atoms with Crippen molar-refractivity contribution in [3.05, 3.63) is 108 Å². The minimum atomic E-state index is 0.123. The lowest BCUT2D eigenvalue weighted by atomic mass is 9.69. The quantitative estimate of drug-likeness (QED) is 0.448. The first kappa shape index (κ1) is 21.7. The summed E-state index contributed by atoms with van der Waals surface area (Å²) in [5.41, 5.74) is 4.64. The van der Waals surface area contributed by atoms with Crippen LogP contribution in [0, 0.1) is 0 Å². The van der Waals surface area contributed by atoms with Crippen LogP contribution in [0.15, 0.2) is 91.0 Å². The topological polar surface area (TPSA) is 29.5 Å². The molecule has 0 bridgehead atoms. The van der Waals surface area contributed by atoms with E-state index in [4.69, 9.17) is 4.74 Å². The summed E-state index contributed by atoms with van der Waals surface area (Å²) in [6.07, 6.45) is 5.00. The van der Waals surface area contributed by atoms with Gasteiger partial charge in [0.05, 0.1) is 0 Å². The van der Waals surface area contributed by atoms with Gasteiger partial charge in [-0.3, -0.25) is 9.69 Å². The monoisotopic (exact) mass is 437 g/mol. The Morgan fingerprint density at radius 3 is 2.09 bits per heavy atom. The molecule has 1 aliphatic carbocycles. The van der Waals surface area contributed by atoms with Gasteiger partial charge in [0, 0.05) is 24.8 Å². The Labute approximate surface area is 196 Å². The molecule has 1 saturated heterocycles. The second kappa shape index (κ2) is 10.2. The first-order valence-corrected chi connectivity index (χ1v) is 12.1. The van der Waals surface area contributed by atoms with Crippen molar-refractivity contribution in [2.24, 2.45) is 0 Å². The molecule has 2 aliphatic rings. The van der Waals surface area contributed by atoms with E-state index in [0.29, 0.717) is 13.0 Å². The van der Waals surface area contributed by atoms with E-state index in [9.17, 15) is 4.79 Å². The fourth-order valence-corrected chi connectivity index (χ4v) is 5.26. The number of rotatable bonds is 7. The van der Waals surface area contributed by atoms with Gasteiger partial charge < -0.3 is 4.74 Å². The van der Waals surface area contributed by atoms with Crippen LogP contribution in [0.5, 0.6) is 5.75 Å². The number of ether oxygens (including phenoxy) is 1. The average Bonchev–Trinajstić information content (AvgIpc) is 3.39. The van der Waals surface area contributed by atoms with Gasteiger partial charge in [-0.1, -0.05) is 72.8 Å². The molecule has 0 N–H and O–H groups in total. The van der Waals surface area contributed by atoms with Crippen LogP contribution in [0.3, 0.4) is 0 Å². The number of benzene rings is 3. The Morgan fingerprint density at radius 2 is 1.42 bits per heavy atom. The second-order valence-electron chi connectivity index (χ2n) is 9.10. The van der Waals surface area contributed by atoms with Gasteiger partial charge in [-0.2, -0.15) is 0 Å². The highest BCUT2D eigenvalue weighted by Crippen LogP contribution is 2.47. The molecule has 0 radical (unpaired) electrons. The summed E-state index contributed by atoms with van der Waals surface area (Å²) >= 11 is 0. The predicted octanol–water partition coefficient (Wildman–Crippen LogP) is 6.09. The molecule has 3 aromatic rings. The Hall–Kier alpha value is -3.17. The standard InChI is InChI=1S/C30H31NO2/c32-26-21-28(23-9-3-1-4-10-23)30(25-11-5-2-6-12-25)29(22-26)24-13-15-27(16-14-24)33-20-19-31-17-7-8-18-31/h1-6,9-16,22,28,30H,7-8,17-21H2. The minimum absolute atomic E-state index is 0.123. The van der Waals surface area contributed by atoms with Gasteiger partial charge in [0.15, 0.2) is 5.78 Å². The van der Waals surface area contributed by atoms with Gasteiger partial charge in [-0.05, 0) is 66.4 Å². The third kappa shape index (κ3) is 5.09. The van der Waals surface area contributed by atoms with Gasteiger partial charge >= 0.3 is 0 Å². The number of allylic oxidation sites excluding steroid dienone is 2. The lowest BCUT2D eigenvalue weighted by Crippen LogP contribution is -2.25. The van der Waals surface area contributed by atoms with E-state index in [1.54, 1.807) is 0 Å².